The van der Waals surface area contributed by atoms with Crippen LogP contribution in [0.15, 0.2) is 38.9 Å². The van der Waals surface area contributed by atoms with Crippen molar-refractivity contribution in [3.63, 3.8) is 0 Å². The minimum atomic E-state index is -0.350. The van der Waals surface area contributed by atoms with Crippen LogP contribution in [-0.2, 0) is 11.3 Å². The number of imidazole rings is 1. The van der Waals surface area contributed by atoms with E-state index in [2.05, 4.69) is 25.5 Å². The van der Waals surface area contributed by atoms with E-state index in [4.69, 9.17) is 25.4 Å². The van der Waals surface area contributed by atoms with Crippen LogP contribution in [0.3, 0.4) is 0 Å². The molecule has 2 aromatic heterocycles. The zero-order chi connectivity index (χ0) is 21.8. The number of halogens is 1. The molecule has 4 rings (SSSR count). The number of anilines is 1. The Hall–Kier alpha value is -2.50. The number of aromatic nitrogens is 3. The molecule has 4 N–H and O–H groups in total. The molecule has 0 bridgehead atoms. The van der Waals surface area contributed by atoms with Gasteiger partial charge in [0.2, 0.25) is 12.7 Å². The van der Waals surface area contributed by atoms with E-state index >= 15 is 0 Å². The van der Waals surface area contributed by atoms with E-state index in [0.29, 0.717) is 29.3 Å². The molecule has 31 heavy (non-hydrogen) atoms. The van der Waals surface area contributed by atoms with Crippen LogP contribution in [0.4, 0.5) is 5.82 Å². The number of fused-ring (bicyclic) bond motifs is 2. The molecule has 0 spiro atoms. The van der Waals surface area contributed by atoms with E-state index in [0.717, 1.165) is 52.3 Å². The minimum absolute atomic E-state index is 0.219. The van der Waals surface area contributed by atoms with Gasteiger partial charge in [0.25, 0.3) is 0 Å². The molecule has 1 aromatic carbocycles. The fourth-order valence-corrected chi connectivity index (χ4v) is 4.91. The SMILES string of the molecule is Nc1nccc2c1nc(Sc1cc3c(cc1Br)OCO3)n2CCCCCCC(=O)NO. The third-order valence-corrected chi connectivity index (χ3v) is 6.92. The predicted molar refractivity (Wildman–Crippen MR) is 119 cm³/mol. The summed E-state index contributed by atoms with van der Waals surface area (Å²) in [5, 5.41) is 9.38. The van der Waals surface area contributed by atoms with Gasteiger partial charge in [-0.3, -0.25) is 10.0 Å². The van der Waals surface area contributed by atoms with Crippen LogP contribution in [0.5, 0.6) is 11.5 Å². The number of nitrogens with one attached hydrogen (secondary N) is 1. The molecule has 164 valence electrons. The van der Waals surface area contributed by atoms with Crippen molar-refractivity contribution in [1.29, 1.82) is 0 Å². The van der Waals surface area contributed by atoms with Crippen molar-refractivity contribution in [2.75, 3.05) is 12.5 Å². The lowest BCUT2D eigenvalue weighted by Gasteiger charge is -2.10. The van der Waals surface area contributed by atoms with Gasteiger partial charge in [0, 0.05) is 28.5 Å². The predicted octanol–water partition coefficient (Wildman–Crippen LogP) is 4.11. The number of amides is 1. The molecule has 11 heteroatoms. The largest absolute Gasteiger partial charge is 0.454 e. The van der Waals surface area contributed by atoms with E-state index in [-0.39, 0.29) is 12.7 Å². The molecule has 0 unspecified atom stereocenters. The number of nitrogen functional groups attached to an aromatic ring is 1. The van der Waals surface area contributed by atoms with Gasteiger partial charge in [0.1, 0.15) is 5.52 Å². The summed E-state index contributed by atoms with van der Waals surface area (Å²) >= 11 is 5.13. The maximum atomic E-state index is 11.1. The van der Waals surface area contributed by atoms with Crippen LogP contribution in [0.25, 0.3) is 11.0 Å². The van der Waals surface area contributed by atoms with Crippen molar-refractivity contribution >= 4 is 50.5 Å². The van der Waals surface area contributed by atoms with Gasteiger partial charge in [-0.1, -0.05) is 24.6 Å². The standard InChI is InChI=1S/C20H22BrN5O4S/c21-12-9-14-15(30-11-29-14)10-16(12)31-20-24-18-13(6-7-23-19(18)22)26(20)8-4-2-1-3-5-17(27)25-28/h6-7,9-10,28H,1-5,8,11H2,(H2,22,23)(H,25,27). The monoisotopic (exact) mass is 507 g/mol. The van der Waals surface area contributed by atoms with E-state index in [1.807, 2.05) is 18.2 Å². The molecular weight excluding hydrogens is 486 g/mol. The van der Waals surface area contributed by atoms with Crippen molar-refractivity contribution < 1.29 is 19.5 Å². The molecule has 0 fully saturated rings. The highest BCUT2D eigenvalue weighted by molar-refractivity contribution is 9.10. The van der Waals surface area contributed by atoms with E-state index in [9.17, 15) is 4.79 Å². The summed E-state index contributed by atoms with van der Waals surface area (Å²) in [6, 6.07) is 5.76. The second-order valence-corrected chi connectivity index (χ2v) is 8.91. The van der Waals surface area contributed by atoms with Gasteiger partial charge in [0.05, 0.1) is 5.52 Å². The summed E-state index contributed by atoms with van der Waals surface area (Å²) < 4.78 is 14.0. The highest BCUT2D eigenvalue weighted by Crippen LogP contribution is 2.43. The summed E-state index contributed by atoms with van der Waals surface area (Å²) in [6.45, 7) is 0.979. The number of aryl methyl sites for hydroxylation is 1. The summed E-state index contributed by atoms with van der Waals surface area (Å²) in [6.07, 6.45) is 5.53. The Morgan fingerprint density at radius 2 is 2.03 bits per heavy atom. The van der Waals surface area contributed by atoms with E-state index in [1.165, 1.54) is 11.8 Å². The lowest BCUT2D eigenvalue weighted by molar-refractivity contribution is -0.129. The summed E-state index contributed by atoms with van der Waals surface area (Å²) in [5.41, 5.74) is 9.35. The average molecular weight is 508 g/mol. The smallest absolute Gasteiger partial charge is 0.243 e. The second kappa shape index (κ2) is 9.75. The number of carbonyl (C=O) groups excluding carboxylic acids is 1. The Bertz CT molecular complexity index is 1110. The molecule has 1 amide bonds. The summed E-state index contributed by atoms with van der Waals surface area (Å²) in [7, 11) is 0. The number of nitrogens with zero attached hydrogens (tertiary/aromatic N) is 3. The molecule has 0 aliphatic carbocycles. The molecule has 0 atom stereocenters. The molecule has 3 heterocycles. The Labute approximate surface area is 191 Å². The first-order chi connectivity index (χ1) is 15.1. The number of hydrogen-bond acceptors (Lipinski definition) is 8. The van der Waals surface area contributed by atoms with Crippen molar-refractivity contribution in [2.45, 2.75) is 48.7 Å². The molecule has 0 saturated carbocycles. The van der Waals surface area contributed by atoms with Crippen molar-refractivity contribution in [3.05, 3.63) is 28.9 Å². The number of ether oxygens (including phenoxy) is 2. The summed E-state index contributed by atoms with van der Waals surface area (Å²) in [4.78, 5) is 21.0. The molecule has 9 nitrogen and oxygen atoms in total. The third-order valence-electron chi connectivity index (χ3n) is 4.95. The highest BCUT2D eigenvalue weighted by atomic mass is 79.9. The van der Waals surface area contributed by atoms with Gasteiger partial charge in [-0.05, 0) is 47.0 Å². The fraction of sp³-hybridized carbons (Fsp3) is 0.350. The van der Waals surface area contributed by atoms with Gasteiger partial charge in [-0.15, -0.1) is 0 Å². The zero-order valence-electron chi connectivity index (χ0n) is 16.6. The van der Waals surface area contributed by atoms with Gasteiger partial charge in [-0.2, -0.15) is 0 Å². The van der Waals surface area contributed by atoms with Gasteiger partial charge < -0.3 is 19.8 Å². The molecular formula is C20H22BrN5O4S. The minimum Gasteiger partial charge on any atom is -0.454 e. The quantitative estimate of drug-likeness (QED) is 0.224. The molecule has 1 aliphatic heterocycles. The highest BCUT2D eigenvalue weighted by Gasteiger charge is 2.20. The van der Waals surface area contributed by atoms with Gasteiger partial charge in [0.15, 0.2) is 22.5 Å². The van der Waals surface area contributed by atoms with Gasteiger partial charge in [-0.25, -0.2) is 15.4 Å². The van der Waals surface area contributed by atoms with Crippen molar-refractivity contribution in [1.82, 2.24) is 20.0 Å². The Balaban J connectivity index is 1.52. The lowest BCUT2D eigenvalue weighted by atomic mass is 10.1. The number of rotatable bonds is 9. The second-order valence-electron chi connectivity index (χ2n) is 7.05. The number of nitrogens with two attached hydrogens (primary N) is 1. The summed E-state index contributed by atoms with van der Waals surface area (Å²) in [5.74, 6) is 1.48. The number of pyridine rings is 1. The third kappa shape index (κ3) is 4.89. The maximum Gasteiger partial charge on any atom is 0.243 e. The molecule has 0 radical (unpaired) electrons. The number of hydroxylamine groups is 1. The normalized spacial score (nSPS) is 12.5. The Morgan fingerprint density at radius 1 is 1.26 bits per heavy atom. The first-order valence-electron chi connectivity index (χ1n) is 9.87. The first-order valence-corrected chi connectivity index (χ1v) is 11.5. The van der Waals surface area contributed by atoms with Crippen LogP contribution in [-0.4, -0.2) is 32.4 Å². The molecule has 1 aliphatic rings. The van der Waals surface area contributed by atoms with Gasteiger partial charge >= 0.3 is 0 Å². The van der Waals surface area contributed by atoms with Crippen molar-refractivity contribution in [3.8, 4) is 11.5 Å². The molecule has 3 aromatic rings. The number of hydrogen-bond donors (Lipinski definition) is 3. The van der Waals surface area contributed by atoms with Crippen LogP contribution in [0, 0.1) is 0 Å². The fourth-order valence-electron chi connectivity index (χ4n) is 3.38. The van der Waals surface area contributed by atoms with Crippen LogP contribution >= 0.6 is 27.7 Å². The molecule has 0 saturated heterocycles. The lowest BCUT2D eigenvalue weighted by Crippen LogP contribution is -2.17. The average Bonchev–Trinajstić information content (AvgIpc) is 3.35. The zero-order valence-corrected chi connectivity index (χ0v) is 19.0. The van der Waals surface area contributed by atoms with Crippen molar-refractivity contribution in [2.24, 2.45) is 0 Å². The van der Waals surface area contributed by atoms with E-state index < -0.39 is 0 Å². The maximum absolute atomic E-state index is 11.1. The first kappa shape index (κ1) is 21.7. The van der Waals surface area contributed by atoms with Crippen LogP contribution in [0.2, 0.25) is 0 Å². The van der Waals surface area contributed by atoms with Crippen LogP contribution in [0.1, 0.15) is 32.1 Å². The Kier molecular flexibility index (Phi) is 6.83. The topological polar surface area (TPSA) is 125 Å². The van der Waals surface area contributed by atoms with E-state index in [1.54, 1.807) is 11.7 Å². The number of benzene rings is 1. The van der Waals surface area contributed by atoms with Crippen LogP contribution < -0.4 is 20.7 Å². The number of unbranched alkanes of at least 4 members (excludes halogenated alkanes) is 3. The Morgan fingerprint density at radius 3 is 2.84 bits per heavy atom. The number of carbonyl (C=O) groups is 1.